The molecule has 0 aliphatic heterocycles. The summed E-state index contributed by atoms with van der Waals surface area (Å²) in [5.41, 5.74) is 0. The second-order valence-corrected chi connectivity index (χ2v) is 3.19. The third-order valence-corrected chi connectivity index (χ3v) is 2.06. The molecule has 2 aromatic rings. The van der Waals surface area contributed by atoms with Gasteiger partial charge in [-0.15, -0.1) is 0 Å². The Labute approximate surface area is 89.9 Å². The summed E-state index contributed by atoms with van der Waals surface area (Å²) in [4.78, 5) is 16.5. The van der Waals surface area contributed by atoms with E-state index in [1.807, 2.05) is 0 Å². The molecule has 2 heterocycles. The van der Waals surface area contributed by atoms with Crippen molar-refractivity contribution in [3.05, 3.63) is 46.2 Å². The summed E-state index contributed by atoms with van der Waals surface area (Å²) in [5.74, 6) is 0.364. The number of imidazole rings is 1. The van der Waals surface area contributed by atoms with Crippen molar-refractivity contribution in [2.24, 2.45) is 0 Å². The van der Waals surface area contributed by atoms with Crippen molar-refractivity contribution >= 4 is 5.88 Å². The second-order valence-electron chi connectivity index (χ2n) is 3.19. The number of aromatic nitrogens is 2. The van der Waals surface area contributed by atoms with Gasteiger partial charge in [-0.3, -0.25) is 10.1 Å². The van der Waals surface area contributed by atoms with Crippen molar-refractivity contribution in [3.8, 4) is 0 Å². The molecule has 2 N–H and O–H groups in total. The van der Waals surface area contributed by atoms with E-state index >= 15 is 0 Å². The molecule has 0 aromatic carbocycles. The molecule has 0 fully saturated rings. The predicted octanol–water partition coefficient (Wildman–Crippen LogP) is 1.19. The summed E-state index contributed by atoms with van der Waals surface area (Å²) in [6, 6.07) is 2.59. The van der Waals surface area contributed by atoms with E-state index in [9.17, 15) is 15.2 Å². The van der Waals surface area contributed by atoms with Gasteiger partial charge in [-0.2, -0.15) is 0 Å². The lowest BCUT2D eigenvalue weighted by atomic mass is 10.2. The Kier molecular flexibility index (Phi) is 2.69. The van der Waals surface area contributed by atoms with Crippen molar-refractivity contribution in [1.82, 2.24) is 9.97 Å². The molecule has 2 rings (SSSR count). The molecular formula is C9H9N3O4. The molecular weight excluding hydrogens is 214 g/mol. The van der Waals surface area contributed by atoms with Crippen molar-refractivity contribution in [1.29, 1.82) is 0 Å². The molecule has 7 heteroatoms. The quantitative estimate of drug-likeness (QED) is 0.598. The SMILES string of the molecule is O=[N+]([O-])c1ccc(C(O)Cc2ncc[nH]2)o1. The molecule has 0 radical (unpaired) electrons. The Hall–Kier alpha value is -2.15. The monoisotopic (exact) mass is 223 g/mol. The molecule has 0 aliphatic carbocycles. The topological polar surface area (TPSA) is 105 Å². The Morgan fingerprint density at radius 2 is 2.44 bits per heavy atom. The van der Waals surface area contributed by atoms with Crippen LogP contribution in [0.3, 0.4) is 0 Å². The van der Waals surface area contributed by atoms with E-state index in [1.54, 1.807) is 12.4 Å². The second kappa shape index (κ2) is 4.15. The molecule has 0 saturated heterocycles. The van der Waals surface area contributed by atoms with Crippen LogP contribution in [0.15, 0.2) is 28.9 Å². The molecule has 0 bridgehead atoms. The number of rotatable bonds is 4. The van der Waals surface area contributed by atoms with Gasteiger partial charge in [-0.1, -0.05) is 0 Å². The van der Waals surface area contributed by atoms with E-state index in [2.05, 4.69) is 9.97 Å². The lowest BCUT2D eigenvalue weighted by molar-refractivity contribution is -0.402. The first-order valence-corrected chi connectivity index (χ1v) is 4.57. The highest BCUT2D eigenvalue weighted by Gasteiger charge is 2.18. The molecule has 2 aromatic heterocycles. The minimum atomic E-state index is -0.945. The van der Waals surface area contributed by atoms with E-state index in [0.29, 0.717) is 5.82 Å². The van der Waals surface area contributed by atoms with Gasteiger partial charge in [0.15, 0.2) is 0 Å². The minimum absolute atomic E-state index is 0.156. The third-order valence-electron chi connectivity index (χ3n) is 2.06. The summed E-state index contributed by atoms with van der Waals surface area (Å²) in [6.45, 7) is 0. The van der Waals surface area contributed by atoms with E-state index in [4.69, 9.17) is 4.42 Å². The first-order chi connectivity index (χ1) is 7.66. The van der Waals surface area contributed by atoms with E-state index < -0.39 is 11.0 Å². The van der Waals surface area contributed by atoms with Crippen LogP contribution < -0.4 is 0 Å². The molecule has 7 nitrogen and oxygen atoms in total. The van der Waals surface area contributed by atoms with Crippen LogP contribution in [0.1, 0.15) is 17.7 Å². The van der Waals surface area contributed by atoms with Gasteiger partial charge in [0, 0.05) is 18.8 Å². The maximum Gasteiger partial charge on any atom is 0.433 e. The zero-order chi connectivity index (χ0) is 11.5. The van der Waals surface area contributed by atoms with Gasteiger partial charge in [0.25, 0.3) is 0 Å². The van der Waals surface area contributed by atoms with Gasteiger partial charge in [0.1, 0.15) is 22.6 Å². The highest BCUT2D eigenvalue weighted by molar-refractivity contribution is 5.19. The number of nitro groups is 1. The normalized spacial score (nSPS) is 12.6. The van der Waals surface area contributed by atoms with Gasteiger partial charge in [-0.25, -0.2) is 4.98 Å². The van der Waals surface area contributed by atoms with Crippen LogP contribution in [0, 0.1) is 10.1 Å². The van der Waals surface area contributed by atoms with Crippen LogP contribution in [0.25, 0.3) is 0 Å². The van der Waals surface area contributed by atoms with Gasteiger partial charge in [0.2, 0.25) is 0 Å². The number of hydrogen-bond acceptors (Lipinski definition) is 5. The van der Waals surface area contributed by atoms with Crippen LogP contribution in [0.2, 0.25) is 0 Å². The van der Waals surface area contributed by atoms with Crippen molar-refractivity contribution in [3.63, 3.8) is 0 Å². The first kappa shape index (κ1) is 10.4. The number of H-pyrrole nitrogens is 1. The van der Waals surface area contributed by atoms with Gasteiger partial charge in [-0.05, 0) is 6.07 Å². The highest BCUT2D eigenvalue weighted by Crippen LogP contribution is 2.23. The number of nitrogens with one attached hydrogen (secondary N) is 1. The number of aliphatic hydroxyl groups excluding tert-OH is 1. The molecule has 84 valence electrons. The number of aromatic amines is 1. The van der Waals surface area contributed by atoms with Crippen LogP contribution in [0.4, 0.5) is 5.88 Å². The van der Waals surface area contributed by atoms with Crippen LogP contribution in [-0.4, -0.2) is 20.0 Å². The third kappa shape index (κ3) is 2.09. The molecule has 0 amide bonds. The fourth-order valence-corrected chi connectivity index (χ4v) is 1.31. The fraction of sp³-hybridized carbons (Fsp3) is 0.222. The van der Waals surface area contributed by atoms with Crippen molar-refractivity contribution in [2.75, 3.05) is 0 Å². The zero-order valence-electron chi connectivity index (χ0n) is 8.16. The van der Waals surface area contributed by atoms with Crippen molar-refractivity contribution in [2.45, 2.75) is 12.5 Å². The lowest BCUT2D eigenvalue weighted by Gasteiger charge is -2.03. The summed E-state index contributed by atoms with van der Waals surface area (Å²) >= 11 is 0. The molecule has 1 unspecified atom stereocenters. The van der Waals surface area contributed by atoms with Gasteiger partial charge >= 0.3 is 5.88 Å². The predicted molar refractivity (Wildman–Crippen MR) is 52.6 cm³/mol. The maximum atomic E-state index is 10.4. The molecule has 0 spiro atoms. The van der Waals surface area contributed by atoms with E-state index in [1.165, 1.54) is 12.1 Å². The smallest absolute Gasteiger partial charge is 0.403 e. The average molecular weight is 223 g/mol. The standard InChI is InChI=1S/C9H9N3O4/c13-6(5-8-10-3-4-11-8)7-1-2-9(16-7)12(14)15/h1-4,6,13H,5H2,(H,10,11). The molecule has 16 heavy (non-hydrogen) atoms. The maximum absolute atomic E-state index is 10.4. The molecule has 0 aliphatic rings. The Morgan fingerprint density at radius 3 is 3.00 bits per heavy atom. The van der Waals surface area contributed by atoms with Gasteiger partial charge in [0.05, 0.1) is 6.07 Å². The Morgan fingerprint density at radius 1 is 1.62 bits per heavy atom. The summed E-state index contributed by atoms with van der Waals surface area (Å²) in [5, 5.41) is 20.1. The van der Waals surface area contributed by atoms with Crippen LogP contribution >= 0.6 is 0 Å². The fourth-order valence-electron chi connectivity index (χ4n) is 1.31. The number of furan rings is 1. The highest BCUT2D eigenvalue weighted by atomic mass is 16.6. The summed E-state index contributed by atoms with van der Waals surface area (Å²) < 4.78 is 4.86. The Bertz CT molecular complexity index is 477. The largest absolute Gasteiger partial charge is 0.433 e. The number of aliphatic hydroxyl groups is 1. The molecule has 0 saturated carbocycles. The van der Waals surface area contributed by atoms with E-state index in [-0.39, 0.29) is 18.1 Å². The van der Waals surface area contributed by atoms with Crippen LogP contribution in [-0.2, 0) is 6.42 Å². The summed E-state index contributed by atoms with van der Waals surface area (Å²) in [6.07, 6.45) is 2.47. The van der Waals surface area contributed by atoms with Crippen molar-refractivity contribution < 1.29 is 14.4 Å². The minimum Gasteiger partial charge on any atom is -0.403 e. The zero-order valence-corrected chi connectivity index (χ0v) is 8.16. The van der Waals surface area contributed by atoms with Crippen LogP contribution in [0.5, 0.6) is 0 Å². The Balaban J connectivity index is 2.08. The first-order valence-electron chi connectivity index (χ1n) is 4.57. The number of nitrogens with zero attached hydrogens (tertiary/aromatic N) is 2. The lowest BCUT2D eigenvalue weighted by Crippen LogP contribution is -2.01. The average Bonchev–Trinajstić information content (AvgIpc) is 2.86. The molecule has 1 atom stereocenters. The number of hydrogen-bond donors (Lipinski definition) is 2. The summed E-state index contributed by atoms with van der Waals surface area (Å²) in [7, 11) is 0. The van der Waals surface area contributed by atoms with E-state index in [0.717, 1.165) is 0 Å². The van der Waals surface area contributed by atoms with Gasteiger partial charge < -0.3 is 14.5 Å².